The van der Waals surface area contributed by atoms with Gasteiger partial charge in [-0.3, -0.25) is 36.5 Å². The molecule has 0 spiro atoms. The molecular weight excluding hydrogens is 808 g/mol. The van der Waals surface area contributed by atoms with E-state index in [4.69, 9.17) is 22.9 Å². The first-order valence-electron chi connectivity index (χ1n) is 11.0. The van der Waals surface area contributed by atoms with Crippen molar-refractivity contribution in [3.8, 4) is 0 Å². The summed E-state index contributed by atoms with van der Waals surface area (Å²) in [5.41, 5.74) is 9.70. The summed E-state index contributed by atoms with van der Waals surface area (Å²) in [5, 5.41) is -19.2. The van der Waals surface area contributed by atoms with E-state index in [9.17, 15) is 115 Å². The molecule has 0 aromatic carbocycles. The predicted molar refractivity (Wildman–Crippen MR) is 153 cm³/mol. The van der Waals surface area contributed by atoms with Crippen LogP contribution in [-0.2, 0) is 36.5 Å². The molecular formula is C10H36N4O24P8. The monoisotopic (exact) mass is 844 g/mol. The van der Waals surface area contributed by atoms with Crippen LogP contribution in [0.5, 0.6) is 0 Å². The Labute approximate surface area is 257 Å². The molecule has 0 radical (unpaired) electrons. The molecule has 46 heavy (non-hydrogen) atoms. The lowest BCUT2D eigenvalue weighted by Crippen LogP contribution is -2.76. The van der Waals surface area contributed by atoms with Crippen molar-refractivity contribution in [1.82, 2.24) is 0 Å². The summed E-state index contributed by atoms with van der Waals surface area (Å²) in [5.74, 6) is 0. The molecule has 0 aliphatic heterocycles. The molecule has 0 aromatic rings. The van der Waals surface area contributed by atoms with Crippen molar-refractivity contribution in [3.63, 3.8) is 0 Å². The van der Waals surface area contributed by atoms with Gasteiger partial charge in [-0.15, -0.1) is 0 Å². The standard InChI is InChI=1S/C7H26N2O24P8.C3H10N2/c8-1-6(2(34(10,11)12)35(13,14)15,3(36(16,17)18)37(19,20)21)7(9,4(38(22,23)24)39(25,26)27)5(40(28,29)30)41(31,32)33;4-2-1-3-5/h2-5H,1,8-9H2,(H2,10,11,12)(H2,13,14,15)(H2,16,17,18)(H2,19,20,21)(H2,22,23,24)(H2,25,26,27)(H2,28,29,30)(H2,31,32,33);1-5H2. The zero-order valence-corrected chi connectivity index (χ0v) is 29.6. The second-order valence-electron chi connectivity index (χ2n) is 9.32. The summed E-state index contributed by atoms with van der Waals surface area (Å²) < 4.78 is 99.3. The van der Waals surface area contributed by atoms with Gasteiger partial charge >= 0.3 is 60.8 Å². The summed E-state index contributed by atoms with van der Waals surface area (Å²) in [7, 11) is -57.9. The van der Waals surface area contributed by atoms with Gasteiger partial charge < -0.3 is 101 Å². The van der Waals surface area contributed by atoms with Gasteiger partial charge in [-0.05, 0) is 19.5 Å². The van der Waals surface area contributed by atoms with Crippen LogP contribution in [0.2, 0.25) is 0 Å². The maximum absolute atomic E-state index is 12.4. The minimum atomic E-state index is -7.25. The van der Waals surface area contributed by atoms with E-state index in [-0.39, 0.29) is 0 Å². The average Bonchev–Trinajstić information content (AvgIpc) is 2.65. The molecule has 36 heteroatoms. The first-order valence-corrected chi connectivity index (χ1v) is 24.5. The fourth-order valence-electron chi connectivity index (χ4n) is 4.80. The van der Waals surface area contributed by atoms with Gasteiger partial charge in [0.25, 0.3) is 0 Å². The van der Waals surface area contributed by atoms with Crippen LogP contribution in [-0.4, -0.2) is 125 Å². The quantitative estimate of drug-likeness (QED) is 0.0645. The molecule has 280 valence electrons. The molecule has 0 saturated carbocycles. The van der Waals surface area contributed by atoms with E-state index in [0.29, 0.717) is 0 Å². The van der Waals surface area contributed by atoms with Gasteiger partial charge in [-0.1, -0.05) is 0 Å². The Morgan fingerprint density at radius 3 is 0.652 bits per heavy atom. The number of nitrogens with two attached hydrogens (primary N) is 4. The Kier molecular flexibility index (Phi) is 16.8. The van der Waals surface area contributed by atoms with Crippen molar-refractivity contribution in [2.45, 2.75) is 33.6 Å². The van der Waals surface area contributed by atoms with Crippen LogP contribution >= 0.6 is 60.8 Å². The third kappa shape index (κ3) is 11.5. The summed E-state index contributed by atoms with van der Waals surface area (Å²) in [4.78, 5) is 157. The highest BCUT2D eigenvalue weighted by atomic mass is 31.3. The molecule has 0 rings (SSSR count). The van der Waals surface area contributed by atoms with Crippen LogP contribution in [0.1, 0.15) is 6.42 Å². The lowest BCUT2D eigenvalue weighted by molar-refractivity contribution is 0.108. The second-order valence-corrected chi connectivity index (χ2v) is 24.5. The van der Waals surface area contributed by atoms with Crippen molar-refractivity contribution < 1.29 is 115 Å². The second kappa shape index (κ2) is 15.7. The molecule has 0 saturated heterocycles. The lowest BCUT2D eigenvalue weighted by atomic mass is 9.73. The smallest absolute Gasteiger partial charge is 0.330 e. The number of rotatable bonds is 16. The zero-order chi connectivity index (χ0) is 38.1. The number of hydrogen-bond acceptors (Lipinski definition) is 12. The summed E-state index contributed by atoms with van der Waals surface area (Å²) in [6.07, 6.45) is 0.944. The first-order chi connectivity index (χ1) is 19.7. The van der Waals surface area contributed by atoms with Crippen LogP contribution in [0.15, 0.2) is 0 Å². The Hall–Kier alpha value is 1.04. The zero-order valence-electron chi connectivity index (χ0n) is 22.4. The topological polar surface area (TPSA) is 564 Å². The maximum Gasteiger partial charge on any atom is 0.342 e. The lowest BCUT2D eigenvalue weighted by Gasteiger charge is -2.58. The molecule has 28 nitrogen and oxygen atoms in total. The van der Waals surface area contributed by atoms with E-state index in [1.54, 1.807) is 0 Å². The maximum atomic E-state index is 12.4. The van der Waals surface area contributed by atoms with Crippen LogP contribution in [0, 0.1) is 5.41 Å². The van der Waals surface area contributed by atoms with E-state index >= 15 is 0 Å². The summed E-state index contributed by atoms with van der Waals surface area (Å²) >= 11 is 0. The largest absolute Gasteiger partial charge is 0.342 e. The van der Waals surface area contributed by atoms with Crippen molar-refractivity contribution in [3.05, 3.63) is 0 Å². The van der Waals surface area contributed by atoms with Crippen LogP contribution in [0.25, 0.3) is 0 Å². The normalized spacial score (nSPS) is 15.5. The Bertz CT molecular complexity index is 1250. The third-order valence-electron chi connectivity index (χ3n) is 5.88. The molecule has 0 bridgehead atoms. The SMILES string of the molecule is NCC(C(P(=O)(O)O)P(=O)(O)O)(C(P(=O)(O)O)P(=O)(O)O)C(N)(C(P(=O)(O)O)P(=O)(O)O)C(P(=O)(O)O)P(=O)(O)O.NCCCN. The molecule has 0 heterocycles. The molecule has 0 atom stereocenters. The van der Waals surface area contributed by atoms with Gasteiger partial charge in [0.15, 0.2) is 21.6 Å². The molecule has 0 fully saturated rings. The van der Waals surface area contributed by atoms with Gasteiger partial charge in [0.05, 0.1) is 11.0 Å². The van der Waals surface area contributed by atoms with Crippen molar-refractivity contribution in [1.29, 1.82) is 0 Å². The Morgan fingerprint density at radius 1 is 0.391 bits per heavy atom. The molecule has 0 amide bonds. The fraction of sp³-hybridized carbons (Fsp3) is 1.00. The van der Waals surface area contributed by atoms with Gasteiger partial charge in [-0.2, -0.15) is 0 Å². The van der Waals surface area contributed by atoms with Crippen LogP contribution < -0.4 is 22.9 Å². The highest BCUT2D eigenvalue weighted by Gasteiger charge is 2.83. The van der Waals surface area contributed by atoms with E-state index in [0.717, 1.165) is 19.5 Å². The minimum absolute atomic E-state index is 0.719. The average molecular weight is 844 g/mol. The first kappa shape index (κ1) is 49.2. The highest BCUT2D eigenvalue weighted by molar-refractivity contribution is 7.74. The van der Waals surface area contributed by atoms with Crippen molar-refractivity contribution in [2.75, 3.05) is 19.6 Å². The molecule has 24 N–H and O–H groups in total. The van der Waals surface area contributed by atoms with E-state index in [1.807, 2.05) is 0 Å². The molecule has 0 aromatic heterocycles. The van der Waals surface area contributed by atoms with E-state index in [1.165, 1.54) is 0 Å². The van der Waals surface area contributed by atoms with Gasteiger partial charge in [0.1, 0.15) is 0 Å². The van der Waals surface area contributed by atoms with Gasteiger partial charge in [0, 0.05) is 6.54 Å². The number of hydrogen-bond donors (Lipinski definition) is 20. The van der Waals surface area contributed by atoms with Crippen LogP contribution in [0.3, 0.4) is 0 Å². The van der Waals surface area contributed by atoms with E-state index in [2.05, 4.69) is 0 Å². The third-order valence-corrected chi connectivity index (χ3v) is 21.7. The summed E-state index contributed by atoms with van der Waals surface area (Å²) in [6.45, 7) is -1.34. The van der Waals surface area contributed by atoms with Crippen LogP contribution in [0.4, 0.5) is 0 Å². The summed E-state index contributed by atoms with van der Waals surface area (Å²) in [6, 6.07) is 0. The molecule has 0 unspecified atom stereocenters. The fourth-order valence-corrected chi connectivity index (χ4v) is 20.1. The van der Waals surface area contributed by atoms with Gasteiger partial charge in [-0.25, -0.2) is 0 Å². The van der Waals surface area contributed by atoms with Crippen molar-refractivity contribution >= 4 is 60.8 Å². The minimum Gasteiger partial charge on any atom is -0.330 e. The molecule has 0 aliphatic carbocycles. The van der Waals surface area contributed by atoms with Gasteiger partial charge in [0.2, 0.25) is 0 Å². The van der Waals surface area contributed by atoms with Crippen molar-refractivity contribution in [2.24, 2.45) is 28.3 Å². The Balaban J connectivity index is 0. The predicted octanol–water partition coefficient (Wildman–Crippen LogP) is -5.35. The van der Waals surface area contributed by atoms with E-state index < -0.39 is 99.9 Å². The molecule has 0 aliphatic rings. The Morgan fingerprint density at radius 2 is 0.565 bits per heavy atom. The highest BCUT2D eigenvalue weighted by Crippen LogP contribution is 2.84.